The summed E-state index contributed by atoms with van der Waals surface area (Å²) < 4.78 is 0. The van der Waals surface area contributed by atoms with Crippen LogP contribution in [0.1, 0.15) is 25.7 Å². The first-order chi connectivity index (χ1) is 12.1. The van der Waals surface area contributed by atoms with E-state index in [2.05, 4.69) is 10.2 Å². The topological polar surface area (TPSA) is 78.7 Å². The molecular weight excluding hydrogens is 387 g/mol. The zero-order valence-electron chi connectivity index (χ0n) is 15.5. The zero-order chi connectivity index (χ0) is 17.6. The Labute approximate surface area is 173 Å². The molecule has 1 aliphatic heterocycles. The Morgan fingerprint density at radius 1 is 1.04 bits per heavy atom. The lowest BCUT2D eigenvalue weighted by Crippen LogP contribution is -2.52. The number of hydrogen-bond acceptors (Lipinski definition) is 4. The molecule has 2 atom stereocenters. The summed E-state index contributed by atoms with van der Waals surface area (Å²) >= 11 is 0. The van der Waals surface area contributed by atoms with Gasteiger partial charge < -0.3 is 16.0 Å². The molecule has 2 amide bonds. The van der Waals surface area contributed by atoms with Crippen molar-refractivity contribution in [1.82, 2.24) is 9.80 Å². The van der Waals surface area contributed by atoms with E-state index in [9.17, 15) is 9.59 Å². The molecule has 2 aliphatic rings. The Bertz CT molecular complexity index is 595. The average Bonchev–Trinajstić information content (AvgIpc) is 2.62. The lowest BCUT2D eigenvalue weighted by atomic mass is 9.85. The summed E-state index contributed by atoms with van der Waals surface area (Å²) in [5, 5.41) is 2.90. The van der Waals surface area contributed by atoms with Crippen LogP contribution in [0.25, 0.3) is 0 Å². The summed E-state index contributed by atoms with van der Waals surface area (Å²) in [6.07, 6.45) is 3.87. The minimum Gasteiger partial charge on any atom is -0.340 e. The second kappa shape index (κ2) is 11.5. The van der Waals surface area contributed by atoms with Gasteiger partial charge in [-0.1, -0.05) is 24.6 Å². The lowest BCUT2D eigenvalue weighted by molar-refractivity contribution is -0.138. The maximum Gasteiger partial charge on any atom is 0.238 e. The lowest BCUT2D eigenvalue weighted by Gasteiger charge is -2.37. The Kier molecular flexibility index (Phi) is 10.1. The normalized spacial score (nSPS) is 22.9. The summed E-state index contributed by atoms with van der Waals surface area (Å²) in [5.41, 5.74) is 6.82. The molecule has 1 saturated carbocycles. The van der Waals surface area contributed by atoms with Crippen molar-refractivity contribution in [3.63, 3.8) is 0 Å². The van der Waals surface area contributed by atoms with Crippen molar-refractivity contribution in [1.29, 1.82) is 0 Å². The van der Waals surface area contributed by atoms with Gasteiger partial charge in [0, 0.05) is 43.8 Å². The highest BCUT2D eigenvalue weighted by Gasteiger charge is 2.30. The van der Waals surface area contributed by atoms with E-state index in [1.54, 1.807) is 0 Å². The smallest absolute Gasteiger partial charge is 0.238 e. The van der Waals surface area contributed by atoms with E-state index in [4.69, 9.17) is 5.73 Å². The maximum atomic E-state index is 12.6. The van der Waals surface area contributed by atoms with Crippen molar-refractivity contribution in [2.75, 3.05) is 38.0 Å². The SMILES string of the molecule is Cl.Cl.NC1CCCC(C(=O)N2CCN(CC(=O)Nc3ccccc3)CC2)C1. The highest BCUT2D eigenvalue weighted by molar-refractivity contribution is 5.92. The Hall–Kier alpha value is -1.34. The van der Waals surface area contributed by atoms with Crippen LogP contribution >= 0.6 is 24.8 Å². The number of carbonyl (C=O) groups is 2. The van der Waals surface area contributed by atoms with Crippen molar-refractivity contribution >= 4 is 42.3 Å². The van der Waals surface area contributed by atoms with Gasteiger partial charge in [-0.25, -0.2) is 0 Å². The number of para-hydroxylation sites is 1. The number of hydrogen-bond donors (Lipinski definition) is 2. The van der Waals surface area contributed by atoms with Gasteiger partial charge in [-0.05, 0) is 31.4 Å². The van der Waals surface area contributed by atoms with Crippen molar-refractivity contribution in [3.05, 3.63) is 30.3 Å². The van der Waals surface area contributed by atoms with Gasteiger partial charge in [0.2, 0.25) is 11.8 Å². The number of nitrogens with one attached hydrogen (secondary N) is 1. The number of anilines is 1. The molecule has 0 spiro atoms. The Balaban J connectivity index is 0.00000182. The van der Waals surface area contributed by atoms with E-state index in [1.165, 1.54) is 0 Å². The molecule has 8 heteroatoms. The average molecular weight is 417 g/mol. The first-order valence-electron chi connectivity index (χ1n) is 9.23. The van der Waals surface area contributed by atoms with Gasteiger partial charge in [0.25, 0.3) is 0 Å². The van der Waals surface area contributed by atoms with Gasteiger partial charge in [-0.2, -0.15) is 0 Å². The summed E-state index contributed by atoms with van der Waals surface area (Å²) in [5.74, 6) is 0.337. The molecule has 1 aromatic rings. The predicted octanol–water partition coefficient (Wildman–Crippen LogP) is 2.13. The first-order valence-corrected chi connectivity index (χ1v) is 9.23. The van der Waals surface area contributed by atoms with Gasteiger partial charge in [-0.3, -0.25) is 14.5 Å². The van der Waals surface area contributed by atoms with Crippen LogP contribution in [-0.4, -0.2) is 60.4 Å². The van der Waals surface area contributed by atoms with Crippen LogP contribution in [0.15, 0.2) is 30.3 Å². The molecular formula is C19H30Cl2N4O2. The summed E-state index contributed by atoms with van der Waals surface area (Å²) in [4.78, 5) is 28.8. The molecule has 0 radical (unpaired) electrons. The molecule has 3 N–H and O–H groups in total. The highest BCUT2D eigenvalue weighted by atomic mass is 35.5. The van der Waals surface area contributed by atoms with Crippen molar-refractivity contribution in [3.8, 4) is 0 Å². The third-order valence-electron chi connectivity index (χ3n) is 5.17. The molecule has 1 aromatic carbocycles. The van der Waals surface area contributed by atoms with Gasteiger partial charge in [0.1, 0.15) is 0 Å². The zero-order valence-corrected chi connectivity index (χ0v) is 17.1. The summed E-state index contributed by atoms with van der Waals surface area (Å²) in [6, 6.07) is 9.65. The number of carbonyl (C=O) groups excluding carboxylic acids is 2. The van der Waals surface area contributed by atoms with E-state index < -0.39 is 0 Å². The van der Waals surface area contributed by atoms with E-state index in [0.717, 1.165) is 44.5 Å². The summed E-state index contributed by atoms with van der Waals surface area (Å²) in [6.45, 7) is 3.25. The molecule has 2 fully saturated rings. The van der Waals surface area contributed by atoms with Crippen LogP contribution in [0.4, 0.5) is 5.69 Å². The first kappa shape index (κ1) is 23.7. The number of halogens is 2. The quantitative estimate of drug-likeness (QED) is 0.787. The van der Waals surface area contributed by atoms with Crippen molar-refractivity contribution in [2.24, 2.45) is 11.7 Å². The molecule has 3 rings (SSSR count). The molecule has 1 saturated heterocycles. The Morgan fingerprint density at radius 3 is 2.33 bits per heavy atom. The van der Waals surface area contributed by atoms with Crippen LogP contribution in [0.5, 0.6) is 0 Å². The molecule has 6 nitrogen and oxygen atoms in total. The third-order valence-corrected chi connectivity index (χ3v) is 5.17. The number of piperazine rings is 1. The number of amides is 2. The monoisotopic (exact) mass is 416 g/mol. The molecule has 27 heavy (non-hydrogen) atoms. The fourth-order valence-corrected chi connectivity index (χ4v) is 3.76. The van der Waals surface area contributed by atoms with Crippen LogP contribution in [0, 0.1) is 5.92 Å². The molecule has 1 aliphatic carbocycles. The minimum absolute atomic E-state index is 0. The van der Waals surface area contributed by atoms with Gasteiger partial charge in [-0.15, -0.1) is 24.8 Å². The predicted molar refractivity (Wildman–Crippen MR) is 113 cm³/mol. The van der Waals surface area contributed by atoms with E-state index in [-0.39, 0.29) is 48.6 Å². The van der Waals surface area contributed by atoms with Gasteiger partial charge in [0.15, 0.2) is 0 Å². The Morgan fingerprint density at radius 2 is 1.70 bits per heavy atom. The second-order valence-electron chi connectivity index (χ2n) is 7.14. The van der Waals surface area contributed by atoms with Crippen LogP contribution in [0.2, 0.25) is 0 Å². The van der Waals surface area contributed by atoms with E-state index in [1.807, 2.05) is 35.2 Å². The standard InChI is InChI=1S/C19H28N4O2.2ClH/c20-16-6-4-5-15(13-16)19(25)23-11-9-22(10-12-23)14-18(24)21-17-7-2-1-3-8-17;;/h1-3,7-8,15-16H,4-6,9-14,20H2,(H,21,24);2*1H. The second-order valence-corrected chi connectivity index (χ2v) is 7.14. The van der Waals surface area contributed by atoms with Crippen LogP contribution in [-0.2, 0) is 9.59 Å². The van der Waals surface area contributed by atoms with Gasteiger partial charge in [0.05, 0.1) is 6.54 Å². The van der Waals surface area contributed by atoms with Crippen molar-refractivity contribution in [2.45, 2.75) is 31.7 Å². The fourth-order valence-electron chi connectivity index (χ4n) is 3.76. The van der Waals surface area contributed by atoms with Crippen LogP contribution < -0.4 is 11.1 Å². The third kappa shape index (κ3) is 6.96. The molecule has 152 valence electrons. The van der Waals surface area contributed by atoms with E-state index >= 15 is 0 Å². The fraction of sp³-hybridized carbons (Fsp3) is 0.579. The molecule has 0 aromatic heterocycles. The number of nitrogens with zero attached hydrogens (tertiary/aromatic N) is 2. The number of benzene rings is 1. The summed E-state index contributed by atoms with van der Waals surface area (Å²) in [7, 11) is 0. The maximum absolute atomic E-state index is 12.6. The molecule has 0 bridgehead atoms. The minimum atomic E-state index is -0.00997. The highest BCUT2D eigenvalue weighted by Crippen LogP contribution is 2.25. The van der Waals surface area contributed by atoms with E-state index in [0.29, 0.717) is 19.6 Å². The number of rotatable bonds is 4. The van der Waals surface area contributed by atoms with Gasteiger partial charge >= 0.3 is 0 Å². The van der Waals surface area contributed by atoms with Crippen molar-refractivity contribution < 1.29 is 9.59 Å². The van der Waals surface area contributed by atoms with Crippen LogP contribution in [0.3, 0.4) is 0 Å². The molecule has 2 unspecified atom stereocenters. The largest absolute Gasteiger partial charge is 0.340 e. The molecule has 1 heterocycles. The number of nitrogens with two attached hydrogens (primary N) is 1.